The molecule has 0 saturated heterocycles. The molecular weight excluding hydrogens is 308 g/mol. The van der Waals surface area contributed by atoms with Crippen molar-refractivity contribution in [2.24, 2.45) is 5.92 Å². The number of nitrogens with two attached hydrogens (primary N) is 1. The van der Waals surface area contributed by atoms with Crippen molar-refractivity contribution in [2.45, 2.75) is 45.1 Å². The standard InChI is InChI=1S/C18H22N2O4/c1-10(11-5-3-2-4-6-11)20-18(23)15-9-14(22)16-13(21)8-7-12(19)17(16)24-15/h7-11,21H,2-6,19H2,1H3,(H,20,23)/t10-/m0/s1. The predicted molar refractivity (Wildman–Crippen MR) is 92.1 cm³/mol. The van der Waals surface area contributed by atoms with Crippen LogP contribution in [0, 0.1) is 5.92 Å². The molecule has 1 aromatic carbocycles. The monoisotopic (exact) mass is 330 g/mol. The highest BCUT2D eigenvalue weighted by molar-refractivity contribution is 5.97. The van der Waals surface area contributed by atoms with Gasteiger partial charge in [0.25, 0.3) is 5.91 Å². The SMILES string of the molecule is C[C@H](NC(=O)c1cc(=O)c2c(O)ccc(N)c2o1)C1CCCCC1. The topological polar surface area (TPSA) is 106 Å². The summed E-state index contributed by atoms with van der Waals surface area (Å²) in [5.41, 5.74) is 5.56. The fraction of sp³-hybridized carbons (Fsp3) is 0.444. The van der Waals surface area contributed by atoms with E-state index in [0.29, 0.717) is 5.92 Å². The number of anilines is 1. The zero-order valence-electron chi connectivity index (χ0n) is 13.7. The van der Waals surface area contributed by atoms with Crippen LogP contribution in [0.2, 0.25) is 0 Å². The molecule has 0 unspecified atom stereocenters. The van der Waals surface area contributed by atoms with E-state index in [2.05, 4.69) is 5.32 Å². The van der Waals surface area contributed by atoms with E-state index in [0.717, 1.165) is 18.9 Å². The number of phenols is 1. The number of hydrogen-bond acceptors (Lipinski definition) is 5. The van der Waals surface area contributed by atoms with Gasteiger partial charge in [0.15, 0.2) is 16.8 Å². The van der Waals surface area contributed by atoms with Gasteiger partial charge in [0, 0.05) is 12.1 Å². The number of carbonyl (C=O) groups is 1. The summed E-state index contributed by atoms with van der Waals surface area (Å²) in [4.78, 5) is 24.7. The minimum Gasteiger partial charge on any atom is -0.507 e. The van der Waals surface area contributed by atoms with Crippen molar-refractivity contribution in [1.82, 2.24) is 5.32 Å². The molecule has 24 heavy (non-hydrogen) atoms. The highest BCUT2D eigenvalue weighted by Crippen LogP contribution is 2.28. The molecule has 1 heterocycles. The summed E-state index contributed by atoms with van der Waals surface area (Å²) in [5, 5.41) is 12.7. The largest absolute Gasteiger partial charge is 0.507 e. The van der Waals surface area contributed by atoms with E-state index in [1.807, 2.05) is 6.92 Å². The molecule has 1 aliphatic carbocycles. The molecule has 128 valence electrons. The molecule has 1 amide bonds. The van der Waals surface area contributed by atoms with Crippen molar-refractivity contribution in [3.8, 4) is 5.75 Å². The zero-order chi connectivity index (χ0) is 17.3. The van der Waals surface area contributed by atoms with E-state index in [4.69, 9.17) is 10.2 Å². The zero-order valence-corrected chi connectivity index (χ0v) is 13.7. The fourth-order valence-corrected chi connectivity index (χ4v) is 3.41. The van der Waals surface area contributed by atoms with Crippen LogP contribution in [-0.2, 0) is 0 Å². The minimum absolute atomic E-state index is 0.00752. The Bertz CT molecular complexity index is 822. The maximum absolute atomic E-state index is 12.4. The van der Waals surface area contributed by atoms with E-state index in [-0.39, 0.29) is 34.2 Å². The van der Waals surface area contributed by atoms with Crippen molar-refractivity contribution in [1.29, 1.82) is 0 Å². The lowest BCUT2D eigenvalue weighted by Crippen LogP contribution is -2.39. The number of rotatable bonds is 3. The first-order valence-corrected chi connectivity index (χ1v) is 8.33. The normalized spacial score (nSPS) is 16.9. The Morgan fingerprint density at radius 2 is 2.04 bits per heavy atom. The summed E-state index contributed by atoms with van der Waals surface area (Å²) in [6, 6.07) is 3.89. The number of carbonyl (C=O) groups excluding carboxylic acids is 1. The Balaban J connectivity index is 1.87. The van der Waals surface area contributed by atoms with Crippen LogP contribution in [-0.4, -0.2) is 17.1 Å². The summed E-state index contributed by atoms with van der Waals surface area (Å²) in [6.07, 6.45) is 5.82. The molecule has 6 heteroatoms. The molecule has 1 aliphatic rings. The van der Waals surface area contributed by atoms with Gasteiger partial charge in [-0.1, -0.05) is 19.3 Å². The number of phenolic OH excluding ortho intramolecular Hbond substituents is 1. The van der Waals surface area contributed by atoms with Crippen LogP contribution in [0.25, 0.3) is 11.0 Å². The van der Waals surface area contributed by atoms with Crippen molar-refractivity contribution < 1.29 is 14.3 Å². The summed E-state index contributed by atoms with van der Waals surface area (Å²) in [5.74, 6) is -0.290. The molecule has 1 atom stereocenters. The first-order chi connectivity index (χ1) is 11.5. The molecule has 0 radical (unpaired) electrons. The van der Waals surface area contributed by atoms with Gasteiger partial charge in [-0.25, -0.2) is 0 Å². The fourth-order valence-electron chi connectivity index (χ4n) is 3.41. The van der Waals surface area contributed by atoms with Crippen LogP contribution in [0.3, 0.4) is 0 Å². The molecule has 1 fully saturated rings. The Labute approximate surface area is 139 Å². The maximum Gasteiger partial charge on any atom is 0.287 e. The van der Waals surface area contributed by atoms with E-state index in [1.54, 1.807) is 0 Å². The lowest BCUT2D eigenvalue weighted by atomic mass is 9.84. The molecular formula is C18H22N2O4. The van der Waals surface area contributed by atoms with Crippen molar-refractivity contribution in [3.05, 3.63) is 34.2 Å². The van der Waals surface area contributed by atoms with Crippen molar-refractivity contribution in [2.75, 3.05) is 5.73 Å². The summed E-state index contributed by atoms with van der Waals surface area (Å²) in [6.45, 7) is 1.98. The number of benzene rings is 1. The van der Waals surface area contributed by atoms with Crippen molar-refractivity contribution in [3.63, 3.8) is 0 Å². The molecule has 0 aliphatic heterocycles. The number of amides is 1. The molecule has 4 N–H and O–H groups in total. The second-order valence-corrected chi connectivity index (χ2v) is 6.51. The minimum atomic E-state index is -0.489. The smallest absolute Gasteiger partial charge is 0.287 e. The van der Waals surface area contributed by atoms with Crippen LogP contribution in [0.4, 0.5) is 5.69 Å². The van der Waals surface area contributed by atoms with Gasteiger partial charge in [0.2, 0.25) is 0 Å². The second-order valence-electron chi connectivity index (χ2n) is 6.51. The van der Waals surface area contributed by atoms with Gasteiger partial charge in [0.05, 0.1) is 5.69 Å². The molecule has 0 spiro atoms. The predicted octanol–water partition coefficient (Wildman–Crippen LogP) is 2.78. The first-order valence-electron chi connectivity index (χ1n) is 8.33. The lowest BCUT2D eigenvalue weighted by Gasteiger charge is -2.28. The Morgan fingerprint density at radius 1 is 1.33 bits per heavy atom. The average molecular weight is 330 g/mol. The van der Waals surface area contributed by atoms with Gasteiger partial charge in [-0.05, 0) is 37.8 Å². The molecule has 6 nitrogen and oxygen atoms in total. The Hall–Kier alpha value is -2.50. The third-order valence-corrected chi connectivity index (χ3v) is 4.83. The van der Waals surface area contributed by atoms with Crippen molar-refractivity contribution >= 4 is 22.6 Å². The van der Waals surface area contributed by atoms with Gasteiger partial charge >= 0.3 is 0 Å². The number of nitrogens with one attached hydrogen (secondary N) is 1. The van der Waals surface area contributed by atoms with Gasteiger partial charge in [-0.2, -0.15) is 0 Å². The van der Waals surface area contributed by atoms with E-state index >= 15 is 0 Å². The van der Waals surface area contributed by atoms with E-state index in [1.165, 1.54) is 31.4 Å². The molecule has 3 rings (SSSR count). The highest BCUT2D eigenvalue weighted by atomic mass is 16.3. The lowest BCUT2D eigenvalue weighted by molar-refractivity contribution is 0.0891. The van der Waals surface area contributed by atoms with Crippen LogP contribution in [0.5, 0.6) is 5.75 Å². The molecule has 2 aromatic rings. The van der Waals surface area contributed by atoms with Crippen LogP contribution >= 0.6 is 0 Å². The number of aromatic hydroxyl groups is 1. The second kappa shape index (κ2) is 6.55. The van der Waals surface area contributed by atoms with Crippen LogP contribution < -0.4 is 16.5 Å². The van der Waals surface area contributed by atoms with Crippen LogP contribution in [0.1, 0.15) is 49.6 Å². The molecule has 1 aromatic heterocycles. The quantitative estimate of drug-likeness (QED) is 0.593. The summed E-state index contributed by atoms with van der Waals surface area (Å²) in [7, 11) is 0. The Kier molecular flexibility index (Phi) is 4.46. The molecule has 0 bridgehead atoms. The number of fused-ring (bicyclic) bond motifs is 1. The number of nitrogen functional groups attached to an aromatic ring is 1. The van der Waals surface area contributed by atoms with Gasteiger partial charge in [0.1, 0.15) is 11.1 Å². The third-order valence-electron chi connectivity index (χ3n) is 4.83. The first kappa shape index (κ1) is 16.4. The number of hydrogen-bond donors (Lipinski definition) is 3. The highest BCUT2D eigenvalue weighted by Gasteiger charge is 2.23. The average Bonchev–Trinajstić information content (AvgIpc) is 2.58. The molecule has 1 saturated carbocycles. The van der Waals surface area contributed by atoms with Gasteiger partial charge in [-0.3, -0.25) is 9.59 Å². The van der Waals surface area contributed by atoms with Crippen LogP contribution in [0.15, 0.2) is 27.4 Å². The summed E-state index contributed by atoms with van der Waals surface area (Å²) < 4.78 is 5.51. The van der Waals surface area contributed by atoms with Gasteiger partial charge in [-0.15, -0.1) is 0 Å². The van der Waals surface area contributed by atoms with E-state index < -0.39 is 11.3 Å². The van der Waals surface area contributed by atoms with E-state index in [9.17, 15) is 14.7 Å². The maximum atomic E-state index is 12.4. The summed E-state index contributed by atoms with van der Waals surface area (Å²) >= 11 is 0. The third kappa shape index (κ3) is 3.09. The Morgan fingerprint density at radius 3 is 2.75 bits per heavy atom. The van der Waals surface area contributed by atoms with Gasteiger partial charge < -0.3 is 20.6 Å².